The summed E-state index contributed by atoms with van der Waals surface area (Å²) in [6, 6.07) is 5.89. The average molecular weight is 315 g/mol. The van der Waals surface area contributed by atoms with E-state index in [0.717, 1.165) is 23.3 Å². The normalized spacial score (nSPS) is 24.9. The number of morpholine rings is 1. The van der Waals surface area contributed by atoms with Gasteiger partial charge in [0.15, 0.2) is 6.10 Å². The molecule has 0 aliphatic carbocycles. The summed E-state index contributed by atoms with van der Waals surface area (Å²) < 4.78 is 49.2. The summed E-state index contributed by atoms with van der Waals surface area (Å²) in [5, 5.41) is 0. The molecular weight excluding hydrogens is 295 g/mol. The van der Waals surface area contributed by atoms with Gasteiger partial charge in [0.05, 0.1) is 6.61 Å². The summed E-state index contributed by atoms with van der Waals surface area (Å²) in [4.78, 5) is 1.78. The molecule has 0 radical (unpaired) electrons. The molecule has 3 rings (SSSR count). The first-order valence-corrected chi connectivity index (χ1v) is 7.45. The van der Waals surface area contributed by atoms with Gasteiger partial charge in [-0.1, -0.05) is 18.2 Å². The maximum atomic E-state index is 12.8. The number of para-hydroxylation sites is 1. The van der Waals surface area contributed by atoms with E-state index >= 15 is 0 Å². The second kappa shape index (κ2) is 5.42. The van der Waals surface area contributed by atoms with Crippen LogP contribution >= 0.6 is 0 Å². The fourth-order valence-electron chi connectivity index (χ4n) is 3.09. The van der Waals surface area contributed by atoms with Crippen molar-refractivity contribution in [2.75, 3.05) is 19.7 Å². The van der Waals surface area contributed by atoms with Crippen LogP contribution < -0.4 is 4.74 Å². The molecule has 0 spiro atoms. The van der Waals surface area contributed by atoms with Crippen molar-refractivity contribution in [2.45, 2.75) is 44.7 Å². The van der Waals surface area contributed by atoms with Crippen LogP contribution in [0.15, 0.2) is 18.2 Å². The molecule has 0 N–H and O–H groups in total. The number of hydrogen-bond acceptors (Lipinski definition) is 3. The van der Waals surface area contributed by atoms with Gasteiger partial charge in [-0.2, -0.15) is 13.2 Å². The average Bonchev–Trinajstić information content (AvgIpc) is 2.73. The first-order chi connectivity index (χ1) is 10.2. The van der Waals surface area contributed by atoms with Gasteiger partial charge in [-0.15, -0.1) is 0 Å². The number of hydrogen-bond donors (Lipinski definition) is 0. The molecule has 0 saturated carbocycles. The zero-order chi connectivity index (χ0) is 16.0. The predicted octanol–water partition coefficient (Wildman–Crippen LogP) is 3.16. The molecule has 22 heavy (non-hydrogen) atoms. The lowest BCUT2D eigenvalue weighted by molar-refractivity contribution is -0.237. The van der Waals surface area contributed by atoms with Gasteiger partial charge in [0.2, 0.25) is 0 Å². The van der Waals surface area contributed by atoms with Gasteiger partial charge < -0.3 is 9.47 Å². The van der Waals surface area contributed by atoms with Crippen LogP contribution in [0.2, 0.25) is 0 Å². The number of alkyl halides is 3. The third kappa shape index (κ3) is 3.22. The maximum Gasteiger partial charge on any atom is 0.415 e. The fourth-order valence-corrected chi connectivity index (χ4v) is 3.09. The number of nitrogens with zero attached hydrogens (tertiary/aromatic N) is 1. The van der Waals surface area contributed by atoms with Crippen molar-refractivity contribution in [2.24, 2.45) is 0 Å². The van der Waals surface area contributed by atoms with E-state index in [-0.39, 0.29) is 18.8 Å². The molecule has 2 aliphatic heterocycles. The van der Waals surface area contributed by atoms with E-state index in [1.54, 1.807) is 4.90 Å². The van der Waals surface area contributed by atoms with E-state index in [4.69, 9.17) is 9.47 Å². The van der Waals surface area contributed by atoms with Gasteiger partial charge in [0.1, 0.15) is 11.4 Å². The van der Waals surface area contributed by atoms with Gasteiger partial charge in [-0.25, -0.2) is 0 Å². The number of ether oxygens (including phenoxy) is 2. The summed E-state index contributed by atoms with van der Waals surface area (Å²) in [5.41, 5.74) is 1.83. The number of fused-ring (bicyclic) bond motifs is 1. The van der Waals surface area contributed by atoms with E-state index in [0.29, 0.717) is 13.1 Å². The fraction of sp³-hybridized carbons (Fsp3) is 0.625. The molecule has 6 heteroatoms. The van der Waals surface area contributed by atoms with E-state index in [9.17, 15) is 13.2 Å². The number of benzene rings is 1. The van der Waals surface area contributed by atoms with Crippen molar-refractivity contribution in [3.8, 4) is 5.75 Å². The van der Waals surface area contributed by atoms with Gasteiger partial charge in [-0.3, -0.25) is 4.90 Å². The molecule has 1 aromatic carbocycles. The van der Waals surface area contributed by atoms with Crippen LogP contribution in [-0.4, -0.2) is 42.5 Å². The Labute approximate surface area is 128 Å². The predicted molar refractivity (Wildman–Crippen MR) is 75.9 cm³/mol. The summed E-state index contributed by atoms with van der Waals surface area (Å²) in [6.07, 6.45) is -5.18. The van der Waals surface area contributed by atoms with Crippen molar-refractivity contribution in [3.63, 3.8) is 0 Å². The highest BCUT2D eigenvalue weighted by Gasteiger charge is 2.43. The molecule has 1 fully saturated rings. The second-order valence-electron chi connectivity index (χ2n) is 6.58. The van der Waals surface area contributed by atoms with Gasteiger partial charge in [0.25, 0.3) is 0 Å². The lowest BCUT2D eigenvalue weighted by Crippen LogP contribution is -2.48. The summed E-state index contributed by atoms with van der Waals surface area (Å²) in [6.45, 7) is 4.97. The molecule has 0 unspecified atom stereocenters. The maximum absolute atomic E-state index is 12.8. The summed E-state index contributed by atoms with van der Waals surface area (Å²) >= 11 is 0. The van der Waals surface area contributed by atoms with Crippen molar-refractivity contribution < 1.29 is 22.6 Å². The minimum atomic E-state index is -4.31. The Kier molecular flexibility index (Phi) is 3.85. The Balaban J connectivity index is 1.74. The van der Waals surface area contributed by atoms with Crippen molar-refractivity contribution in [3.05, 3.63) is 29.3 Å². The minimum absolute atomic E-state index is 0.103. The molecule has 1 atom stereocenters. The molecular formula is C16H20F3NO2. The molecule has 122 valence electrons. The quantitative estimate of drug-likeness (QED) is 0.837. The molecule has 0 bridgehead atoms. The van der Waals surface area contributed by atoms with E-state index in [1.807, 2.05) is 32.0 Å². The van der Waals surface area contributed by atoms with Gasteiger partial charge in [-0.05, 0) is 19.4 Å². The Morgan fingerprint density at radius 2 is 2.09 bits per heavy atom. The minimum Gasteiger partial charge on any atom is -0.487 e. The molecule has 2 aliphatic rings. The number of rotatable bonds is 2. The Hall–Kier alpha value is -1.27. The highest BCUT2D eigenvalue weighted by atomic mass is 19.4. The third-order valence-corrected chi connectivity index (χ3v) is 4.08. The molecule has 0 aromatic heterocycles. The molecule has 0 amide bonds. The highest BCUT2D eigenvalue weighted by molar-refractivity contribution is 5.45. The van der Waals surface area contributed by atoms with Crippen LogP contribution in [0.1, 0.15) is 25.0 Å². The summed E-state index contributed by atoms with van der Waals surface area (Å²) in [7, 11) is 0. The SMILES string of the molecule is CC1(C)Cc2cccc(CN3CCO[C@H](C(F)(F)F)C3)c2O1. The monoisotopic (exact) mass is 315 g/mol. The van der Waals surface area contributed by atoms with Gasteiger partial charge >= 0.3 is 6.18 Å². The highest BCUT2D eigenvalue weighted by Crippen LogP contribution is 2.38. The smallest absolute Gasteiger partial charge is 0.415 e. The zero-order valence-electron chi connectivity index (χ0n) is 12.7. The van der Waals surface area contributed by atoms with Crippen LogP contribution in [0, 0.1) is 0 Å². The lowest BCUT2D eigenvalue weighted by atomic mass is 10.0. The lowest BCUT2D eigenvalue weighted by Gasteiger charge is -2.34. The van der Waals surface area contributed by atoms with Crippen molar-refractivity contribution in [1.82, 2.24) is 4.90 Å². The van der Waals surface area contributed by atoms with Crippen LogP contribution in [0.3, 0.4) is 0 Å². The zero-order valence-corrected chi connectivity index (χ0v) is 12.7. The van der Waals surface area contributed by atoms with E-state index in [2.05, 4.69) is 0 Å². The van der Waals surface area contributed by atoms with Crippen LogP contribution in [0.5, 0.6) is 5.75 Å². The Bertz CT molecular complexity index is 557. The standard InChI is InChI=1S/C16H20F3NO2/c1-15(2)8-11-4-3-5-12(14(11)22-15)9-20-6-7-21-13(10-20)16(17,18)19/h3-5,13H,6-10H2,1-2H3/t13-/m0/s1. The van der Waals surface area contributed by atoms with E-state index in [1.165, 1.54) is 0 Å². The Morgan fingerprint density at radius 3 is 2.82 bits per heavy atom. The molecule has 3 nitrogen and oxygen atoms in total. The second-order valence-corrected chi connectivity index (χ2v) is 6.58. The topological polar surface area (TPSA) is 21.7 Å². The molecule has 1 saturated heterocycles. The number of halogens is 3. The first-order valence-electron chi connectivity index (χ1n) is 7.45. The molecule has 2 heterocycles. The van der Waals surface area contributed by atoms with Crippen molar-refractivity contribution in [1.29, 1.82) is 0 Å². The van der Waals surface area contributed by atoms with Gasteiger partial charge in [0, 0.05) is 31.6 Å². The van der Waals surface area contributed by atoms with E-state index < -0.39 is 12.3 Å². The Morgan fingerprint density at radius 1 is 1.32 bits per heavy atom. The molecule has 1 aromatic rings. The van der Waals surface area contributed by atoms with Crippen LogP contribution in [0.4, 0.5) is 13.2 Å². The largest absolute Gasteiger partial charge is 0.487 e. The van der Waals surface area contributed by atoms with Crippen LogP contribution in [0.25, 0.3) is 0 Å². The van der Waals surface area contributed by atoms with Crippen molar-refractivity contribution >= 4 is 0 Å². The van der Waals surface area contributed by atoms with Crippen LogP contribution in [-0.2, 0) is 17.7 Å². The third-order valence-electron chi connectivity index (χ3n) is 4.08. The summed E-state index contributed by atoms with van der Waals surface area (Å²) in [5.74, 6) is 0.836. The first kappa shape index (κ1) is 15.6.